The molecule has 2 heterocycles. The summed E-state index contributed by atoms with van der Waals surface area (Å²) < 4.78 is 12.8. The second-order valence-electron chi connectivity index (χ2n) is 5.31. The summed E-state index contributed by atoms with van der Waals surface area (Å²) in [5, 5.41) is 9.11. The molecule has 0 aromatic carbocycles. The zero-order valence-electron chi connectivity index (χ0n) is 11.6. The van der Waals surface area contributed by atoms with Crippen molar-refractivity contribution in [3.05, 3.63) is 29.8 Å². The predicted octanol–water partition coefficient (Wildman–Crippen LogP) is 1.28. The van der Waals surface area contributed by atoms with Crippen LogP contribution in [0.3, 0.4) is 0 Å². The third-order valence-corrected chi connectivity index (χ3v) is 3.58. The van der Waals surface area contributed by atoms with Gasteiger partial charge < -0.3 is 4.90 Å². The molecule has 1 fully saturated rings. The van der Waals surface area contributed by atoms with E-state index in [1.54, 1.807) is 4.90 Å². The van der Waals surface area contributed by atoms with Crippen molar-refractivity contribution in [3.63, 3.8) is 0 Å². The Morgan fingerprint density at radius 3 is 2.50 bits per heavy atom. The summed E-state index contributed by atoms with van der Waals surface area (Å²) in [7, 11) is 0. The third kappa shape index (κ3) is 2.94. The van der Waals surface area contributed by atoms with Crippen LogP contribution in [-0.2, 0) is 0 Å². The standard InChI is InChI=1S/C14H17FN4O/c1-14(2,10-16)19-7-5-18(6-8-19)13(20)12-4-3-11(15)9-17-12/h3-4,9H,5-8H2,1-2H3. The fraction of sp³-hybridized carbons (Fsp3) is 0.500. The highest BCUT2D eigenvalue weighted by Crippen LogP contribution is 2.16. The second kappa shape index (κ2) is 5.55. The zero-order valence-corrected chi connectivity index (χ0v) is 11.6. The van der Waals surface area contributed by atoms with Gasteiger partial charge in [-0.05, 0) is 26.0 Å². The second-order valence-corrected chi connectivity index (χ2v) is 5.31. The van der Waals surface area contributed by atoms with E-state index < -0.39 is 11.4 Å². The minimum atomic E-state index is -0.525. The summed E-state index contributed by atoms with van der Waals surface area (Å²) in [4.78, 5) is 19.7. The third-order valence-electron chi connectivity index (χ3n) is 3.58. The van der Waals surface area contributed by atoms with Crippen LogP contribution >= 0.6 is 0 Å². The number of carbonyl (C=O) groups excluding carboxylic acids is 1. The first kappa shape index (κ1) is 14.4. The number of nitriles is 1. The largest absolute Gasteiger partial charge is 0.335 e. The number of halogens is 1. The number of piperazine rings is 1. The van der Waals surface area contributed by atoms with E-state index in [-0.39, 0.29) is 11.6 Å². The first-order valence-corrected chi connectivity index (χ1v) is 6.51. The van der Waals surface area contributed by atoms with Gasteiger partial charge in [0.1, 0.15) is 17.1 Å². The highest BCUT2D eigenvalue weighted by atomic mass is 19.1. The summed E-state index contributed by atoms with van der Waals surface area (Å²) in [6, 6.07) is 4.89. The zero-order chi connectivity index (χ0) is 14.8. The van der Waals surface area contributed by atoms with Crippen LogP contribution in [-0.4, -0.2) is 52.4 Å². The predicted molar refractivity (Wildman–Crippen MR) is 71.4 cm³/mol. The van der Waals surface area contributed by atoms with E-state index in [0.717, 1.165) is 6.20 Å². The van der Waals surface area contributed by atoms with Gasteiger partial charge in [0.05, 0.1) is 12.3 Å². The maximum absolute atomic E-state index is 12.8. The van der Waals surface area contributed by atoms with Gasteiger partial charge in [-0.1, -0.05) is 0 Å². The molecule has 1 amide bonds. The molecule has 20 heavy (non-hydrogen) atoms. The molecular formula is C14H17FN4O. The normalized spacial score (nSPS) is 16.8. The summed E-state index contributed by atoms with van der Waals surface area (Å²) >= 11 is 0. The molecule has 0 saturated carbocycles. The van der Waals surface area contributed by atoms with E-state index in [9.17, 15) is 9.18 Å². The Balaban J connectivity index is 1.99. The van der Waals surface area contributed by atoms with Crippen molar-refractivity contribution in [2.45, 2.75) is 19.4 Å². The van der Waals surface area contributed by atoms with Crippen molar-refractivity contribution < 1.29 is 9.18 Å². The molecule has 1 aliphatic heterocycles. The van der Waals surface area contributed by atoms with Gasteiger partial charge in [-0.15, -0.1) is 0 Å². The van der Waals surface area contributed by atoms with Crippen LogP contribution in [0.2, 0.25) is 0 Å². The molecule has 0 bridgehead atoms. The summed E-state index contributed by atoms with van der Waals surface area (Å²) in [5.74, 6) is -0.651. The molecule has 2 rings (SSSR count). The molecule has 6 heteroatoms. The quantitative estimate of drug-likeness (QED) is 0.816. The number of nitrogens with zero attached hydrogens (tertiary/aromatic N) is 4. The maximum Gasteiger partial charge on any atom is 0.272 e. The molecule has 0 atom stereocenters. The van der Waals surface area contributed by atoms with Crippen LogP contribution in [0.25, 0.3) is 0 Å². The van der Waals surface area contributed by atoms with Gasteiger partial charge in [0.15, 0.2) is 0 Å². The van der Waals surface area contributed by atoms with Crippen molar-refractivity contribution >= 4 is 5.91 Å². The Labute approximate surface area is 117 Å². The van der Waals surface area contributed by atoms with Crippen LogP contribution in [0.5, 0.6) is 0 Å². The highest BCUT2D eigenvalue weighted by Gasteiger charge is 2.31. The molecule has 1 aromatic rings. The van der Waals surface area contributed by atoms with Gasteiger partial charge >= 0.3 is 0 Å². The van der Waals surface area contributed by atoms with Crippen LogP contribution in [0.1, 0.15) is 24.3 Å². The summed E-state index contributed by atoms with van der Waals surface area (Å²) in [5.41, 5.74) is -0.275. The summed E-state index contributed by atoms with van der Waals surface area (Å²) in [6.45, 7) is 6.12. The molecule has 0 aliphatic carbocycles. The van der Waals surface area contributed by atoms with E-state index in [4.69, 9.17) is 5.26 Å². The van der Waals surface area contributed by atoms with Crippen molar-refractivity contribution in [3.8, 4) is 6.07 Å². The molecule has 5 nitrogen and oxygen atoms in total. The van der Waals surface area contributed by atoms with E-state index >= 15 is 0 Å². The number of aromatic nitrogens is 1. The molecule has 0 unspecified atom stereocenters. The number of carbonyl (C=O) groups is 1. The Kier molecular flexibility index (Phi) is 4.00. The van der Waals surface area contributed by atoms with Crippen molar-refractivity contribution in [2.24, 2.45) is 0 Å². The first-order chi connectivity index (χ1) is 9.44. The Morgan fingerprint density at radius 1 is 1.35 bits per heavy atom. The number of rotatable bonds is 2. The Bertz CT molecular complexity index is 527. The smallest absolute Gasteiger partial charge is 0.272 e. The van der Waals surface area contributed by atoms with E-state index in [2.05, 4.69) is 16.0 Å². The van der Waals surface area contributed by atoms with Gasteiger partial charge in [0.25, 0.3) is 5.91 Å². The minimum absolute atomic E-state index is 0.195. The topological polar surface area (TPSA) is 60.2 Å². The lowest BCUT2D eigenvalue weighted by atomic mass is 10.0. The lowest BCUT2D eigenvalue weighted by Gasteiger charge is -2.40. The van der Waals surface area contributed by atoms with E-state index in [0.29, 0.717) is 26.2 Å². The lowest BCUT2D eigenvalue weighted by Crippen LogP contribution is -2.55. The average molecular weight is 276 g/mol. The average Bonchev–Trinajstić information content (AvgIpc) is 2.47. The number of hydrogen-bond acceptors (Lipinski definition) is 4. The van der Waals surface area contributed by atoms with Gasteiger partial charge in [0, 0.05) is 26.2 Å². The molecular weight excluding hydrogens is 259 g/mol. The van der Waals surface area contributed by atoms with Crippen molar-refractivity contribution in [1.29, 1.82) is 5.26 Å². The molecule has 1 aliphatic rings. The molecule has 0 spiro atoms. The van der Waals surface area contributed by atoms with Gasteiger partial charge in [-0.2, -0.15) is 5.26 Å². The summed E-state index contributed by atoms with van der Waals surface area (Å²) in [6.07, 6.45) is 1.04. The van der Waals surface area contributed by atoms with Gasteiger partial charge in [-0.3, -0.25) is 9.69 Å². The fourth-order valence-corrected chi connectivity index (χ4v) is 2.20. The maximum atomic E-state index is 12.8. The Hall–Kier alpha value is -2.00. The number of amides is 1. The lowest BCUT2D eigenvalue weighted by molar-refractivity contribution is 0.0516. The Morgan fingerprint density at radius 2 is 2.00 bits per heavy atom. The fourth-order valence-electron chi connectivity index (χ4n) is 2.20. The van der Waals surface area contributed by atoms with Crippen molar-refractivity contribution in [2.75, 3.05) is 26.2 Å². The molecule has 0 N–H and O–H groups in total. The van der Waals surface area contributed by atoms with Gasteiger partial charge in [0.2, 0.25) is 0 Å². The SMILES string of the molecule is CC(C)(C#N)N1CCN(C(=O)c2ccc(F)cn2)CC1. The first-order valence-electron chi connectivity index (χ1n) is 6.51. The van der Waals surface area contributed by atoms with Crippen LogP contribution < -0.4 is 0 Å². The van der Waals surface area contributed by atoms with Gasteiger partial charge in [-0.25, -0.2) is 9.37 Å². The molecule has 1 saturated heterocycles. The molecule has 1 aromatic heterocycles. The minimum Gasteiger partial charge on any atom is -0.335 e. The highest BCUT2D eigenvalue weighted by molar-refractivity contribution is 5.92. The van der Waals surface area contributed by atoms with E-state index in [1.165, 1.54) is 12.1 Å². The monoisotopic (exact) mass is 276 g/mol. The van der Waals surface area contributed by atoms with E-state index in [1.807, 2.05) is 13.8 Å². The number of hydrogen-bond donors (Lipinski definition) is 0. The van der Waals surface area contributed by atoms with Crippen molar-refractivity contribution in [1.82, 2.24) is 14.8 Å². The van der Waals surface area contributed by atoms with Crippen LogP contribution in [0.15, 0.2) is 18.3 Å². The van der Waals surface area contributed by atoms with Crippen LogP contribution in [0, 0.1) is 17.1 Å². The molecule has 0 radical (unpaired) electrons. The molecule has 106 valence electrons. The van der Waals surface area contributed by atoms with Crippen LogP contribution in [0.4, 0.5) is 4.39 Å². The number of pyridine rings is 1.